The lowest BCUT2D eigenvalue weighted by molar-refractivity contribution is -0.144. The van der Waals surface area contributed by atoms with E-state index < -0.39 is 6.04 Å². The molecule has 0 bridgehead atoms. The zero-order valence-electron chi connectivity index (χ0n) is 18.9. The van der Waals surface area contributed by atoms with Crippen molar-refractivity contribution in [3.05, 3.63) is 95.6 Å². The van der Waals surface area contributed by atoms with Crippen LogP contribution in [0.4, 0.5) is 0 Å². The first-order valence-corrected chi connectivity index (χ1v) is 11.1. The van der Waals surface area contributed by atoms with E-state index in [-0.39, 0.29) is 24.5 Å². The van der Waals surface area contributed by atoms with Crippen molar-refractivity contribution < 1.29 is 19.1 Å². The van der Waals surface area contributed by atoms with Gasteiger partial charge in [-0.15, -0.1) is 0 Å². The Morgan fingerprint density at radius 3 is 2.24 bits per heavy atom. The lowest BCUT2D eigenvalue weighted by atomic mass is 10.0. The van der Waals surface area contributed by atoms with Crippen LogP contribution in [0.15, 0.2) is 78.9 Å². The molecule has 1 atom stereocenters. The molecule has 170 valence electrons. The fourth-order valence-corrected chi connectivity index (χ4v) is 3.85. The molecule has 0 aliphatic carbocycles. The summed E-state index contributed by atoms with van der Waals surface area (Å²) in [4.78, 5) is 28.5. The first-order chi connectivity index (χ1) is 16.0. The van der Waals surface area contributed by atoms with E-state index in [0.717, 1.165) is 16.7 Å². The van der Waals surface area contributed by atoms with E-state index in [1.54, 1.807) is 4.90 Å². The van der Waals surface area contributed by atoms with Gasteiger partial charge in [0.15, 0.2) is 11.5 Å². The maximum atomic E-state index is 13.5. The van der Waals surface area contributed by atoms with Crippen LogP contribution < -0.4 is 14.8 Å². The van der Waals surface area contributed by atoms with Gasteiger partial charge in [0.05, 0.1) is 0 Å². The molecule has 3 aromatic rings. The van der Waals surface area contributed by atoms with Crippen molar-refractivity contribution >= 4 is 11.8 Å². The molecule has 1 heterocycles. The molecule has 0 aromatic heterocycles. The molecular weight excluding hydrogens is 416 g/mol. The molecule has 1 aliphatic rings. The predicted octanol–water partition coefficient (Wildman–Crippen LogP) is 4.46. The fraction of sp³-hybridized carbons (Fsp3) is 0.259. The summed E-state index contributed by atoms with van der Waals surface area (Å²) in [5, 5.41) is 3.02. The molecule has 0 fully saturated rings. The second-order valence-corrected chi connectivity index (χ2v) is 8.33. The molecule has 0 saturated heterocycles. The lowest BCUT2D eigenvalue weighted by Gasteiger charge is -2.33. The van der Waals surface area contributed by atoms with Crippen molar-refractivity contribution in [3.8, 4) is 11.5 Å². The van der Waals surface area contributed by atoms with Crippen molar-refractivity contribution in [1.82, 2.24) is 10.2 Å². The summed E-state index contributed by atoms with van der Waals surface area (Å²) < 4.78 is 10.8. The van der Waals surface area contributed by atoms with Gasteiger partial charge in [-0.2, -0.15) is 0 Å². The fourth-order valence-electron chi connectivity index (χ4n) is 3.85. The summed E-state index contributed by atoms with van der Waals surface area (Å²) in [5.41, 5.74) is 2.63. The van der Waals surface area contributed by atoms with Crippen LogP contribution in [0.5, 0.6) is 11.5 Å². The number of ether oxygens (including phenoxy) is 2. The number of benzene rings is 3. The molecule has 0 radical (unpaired) electrons. The summed E-state index contributed by atoms with van der Waals surface area (Å²) in [6.45, 7) is 4.56. The van der Waals surface area contributed by atoms with E-state index in [9.17, 15) is 9.59 Å². The number of carbonyl (C=O) groups excluding carboxylic acids is 2. The molecule has 33 heavy (non-hydrogen) atoms. The first-order valence-electron chi connectivity index (χ1n) is 11.1. The van der Waals surface area contributed by atoms with Crippen LogP contribution in [-0.4, -0.2) is 23.5 Å². The van der Waals surface area contributed by atoms with Gasteiger partial charge in [-0.25, -0.2) is 0 Å². The summed E-state index contributed by atoms with van der Waals surface area (Å²) >= 11 is 0. The molecule has 0 unspecified atom stereocenters. The maximum absolute atomic E-state index is 13.5. The molecule has 1 N–H and O–H groups in total. The van der Waals surface area contributed by atoms with Crippen LogP contribution in [0.1, 0.15) is 36.6 Å². The van der Waals surface area contributed by atoms with Crippen LogP contribution in [-0.2, 0) is 22.7 Å². The van der Waals surface area contributed by atoms with Crippen molar-refractivity contribution in [2.24, 2.45) is 5.92 Å². The van der Waals surface area contributed by atoms with Crippen LogP contribution in [0.3, 0.4) is 0 Å². The number of fused-ring (bicyclic) bond motifs is 1. The molecule has 3 aromatic carbocycles. The topological polar surface area (TPSA) is 67.9 Å². The van der Waals surface area contributed by atoms with Crippen molar-refractivity contribution in [2.45, 2.75) is 33.0 Å². The van der Waals surface area contributed by atoms with Gasteiger partial charge in [0.25, 0.3) is 0 Å². The van der Waals surface area contributed by atoms with Crippen LogP contribution in [0.2, 0.25) is 0 Å². The highest BCUT2D eigenvalue weighted by Gasteiger charge is 2.32. The summed E-state index contributed by atoms with van der Waals surface area (Å²) in [7, 11) is 0. The lowest BCUT2D eigenvalue weighted by Crippen LogP contribution is -2.44. The third-order valence-electron chi connectivity index (χ3n) is 5.55. The Balaban J connectivity index is 1.61. The Hall–Kier alpha value is -3.80. The quantitative estimate of drug-likeness (QED) is 0.557. The SMILES string of the molecule is CC(C)C(=O)N(Cc1ccccc1)[C@H](C(=O)NCc1ccc2c(c1)OCO2)c1ccccc1. The summed E-state index contributed by atoms with van der Waals surface area (Å²) in [5.74, 6) is 0.808. The molecule has 2 amide bonds. The Morgan fingerprint density at radius 2 is 1.55 bits per heavy atom. The molecule has 0 spiro atoms. The average Bonchev–Trinajstić information content (AvgIpc) is 3.31. The summed E-state index contributed by atoms with van der Waals surface area (Å²) in [6.07, 6.45) is 0. The number of rotatable bonds is 8. The van der Waals surface area contributed by atoms with E-state index in [1.165, 1.54) is 0 Å². The highest BCUT2D eigenvalue weighted by Crippen LogP contribution is 2.32. The van der Waals surface area contributed by atoms with Crippen LogP contribution in [0, 0.1) is 5.92 Å². The van der Waals surface area contributed by atoms with E-state index in [4.69, 9.17) is 9.47 Å². The maximum Gasteiger partial charge on any atom is 0.247 e. The first kappa shape index (κ1) is 22.4. The smallest absolute Gasteiger partial charge is 0.247 e. The third kappa shape index (κ3) is 5.34. The number of hydrogen-bond acceptors (Lipinski definition) is 4. The number of amides is 2. The normalized spacial score (nSPS) is 12.9. The highest BCUT2D eigenvalue weighted by atomic mass is 16.7. The van der Waals surface area contributed by atoms with Crippen LogP contribution >= 0.6 is 0 Å². The molecular formula is C27H28N2O4. The van der Waals surface area contributed by atoms with Crippen molar-refractivity contribution in [3.63, 3.8) is 0 Å². The Kier molecular flexibility index (Phi) is 6.93. The minimum atomic E-state index is -0.754. The van der Waals surface area contributed by atoms with Gasteiger partial charge in [-0.3, -0.25) is 9.59 Å². The van der Waals surface area contributed by atoms with Crippen molar-refractivity contribution in [1.29, 1.82) is 0 Å². The second kappa shape index (κ2) is 10.2. The molecule has 6 nitrogen and oxygen atoms in total. The number of nitrogens with one attached hydrogen (secondary N) is 1. The van der Waals surface area contributed by atoms with Crippen LogP contribution in [0.25, 0.3) is 0 Å². The zero-order chi connectivity index (χ0) is 23.2. The number of hydrogen-bond donors (Lipinski definition) is 1. The van der Waals surface area contributed by atoms with Crippen molar-refractivity contribution in [2.75, 3.05) is 6.79 Å². The van der Waals surface area contributed by atoms with E-state index in [0.29, 0.717) is 24.6 Å². The van der Waals surface area contributed by atoms with Gasteiger partial charge >= 0.3 is 0 Å². The van der Waals surface area contributed by atoms with Gasteiger partial charge in [0.1, 0.15) is 6.04 Å². The Bertz CT molecular complexity index is 1100. The Labute approximate surface area is 194 Å². The Morgan fingerprint density at radius 1 is 0.879 bits per heavy atom. The molecule has 0 saturated carbocycles. The molecule has 4 rings (SSSR count). The molecule has 6 heteroatoms. The minimum Gasteiger partial charge on any atom is -0.454 e. The van der Waals surface area contributed by atoms with Gasteiger partial charge in [0, 0.05) is 19.0 Å². The van der Waals surface area contributed by atoms with Gasteiger partial charge < -0.3 is 19.7 Å². The van der Waals surface area contributed by atoms with E-state index >= 15 is 0 Å². The van der Waals surface area contributed by atoms with E-state index in [1.807, 2.05) is 92.7 Å². The molecule has 1 aliphatic heterocycles. The minimum absolute atomic E-state index is 0.0778. The monoisotopic (exact) mass is 444 g/mol. The standard InChI is InChI=1S/C27H28N2O4/c1-19(2)27(31)29(17-20-9-5-3-6-10-20)25(22-11-7-4-8-12-22)26(30)28-16-21-13-14-23-24(15-21)33-18-32-23/h3-15,19,25H,16-18H2,1-2H3,(H,28,30)/t25-/m0/s1. The largest absolute Gasteiger partial charge is 0.454 e. The summed E-state index contributed by atoms with van der Waals surface area (Å²) in [6, 6.07) is 24.0. The predicted molar refractivity (Wildman–Crippen MR) is 125 cm³/mol. The third-order valence-corrected chi connectivity index (χ3v) is 5.55. The van der Waals surface area contributed by atoms with Gasteiger partial charge in [-0.05, 0) is 28.8 Å². The zero-order valence-corrected chi connectivity index (χ0v) is 18.9. The van der Waals surface area contributed by atoms with Gasteiger partial charge in [0.2, 0.25) is 18.6 Å². The number of nitrogens with zero attached hydrogens (tertiary/aromatic N) is 1. The van der Waals surface area contributed by atoms with E-state index in [2.05, 4.69) is 5.32 Å². The second-order valence-electron chi connectivity index (χ2n) is 8.33. The number of carbonyl (C=O) groups is 2. The highest BCUT2D eigenvalue weighted by molar-refractivity contribution is 5.89. The average molecular weight is 445 g/mol. The van der Waals surface area contributed by atoms with Gasteiger partial charge in [-0.1, -0.05) is 80.6 Å².